The number of nitrogens with two attached hydrogens (primary N) is 1. The van der Waals surface area contributed by atoms with Crippen LogP contribution in [0, 0.1) is 11.8 Å². The maximum atomic E-state index is 11.5. The largest absolute Gasteiger partial charge is 0.317 e. The summed E-state index contributed by atoms with van der Waals surface area (Å²) in [6, 6.07) is 1.65. The Morgan fingerprint density at radius 1 is 1.32 bits per heavy atom. The normalized spacial score (nSPS) is 27.4. The lowest BCUT2D eigenvalue weighted by Crippen LogP contribution is -2.29. The first kappa shape index (κ1) is 12.8. The van der Waals surface area contributed by atoms with E-state index in [1.807, 2.05) is 0 Å². The van der Waals surface area contributed by atoms with Crippen LogP contribution in [0.2, 0.25) is 0 Å². The summed E-state index contributed by atoms with van der Waals surface area (Å²) in [4.78, 5) is 3.87. The minimum absolute atomic E-state index is 0.0482. The van der Waals surface area contributed by atoms with Crippen LogP contribution < -0.4 is 10.6 Å². The van der Waals surface area contributed by atoms with E-state index in [0.717, 1.165) is 24.9 Å². The number of sulfonamides is 1. The Bertz CT molecular complexity index is 563. The number of primary sulfonamides is 1. The van der Waals surface area contributed by atoms with E-state index in [1.165, 1.54) is 25.5 Å². The van der Waals surface area contributed by atoms with Gasteiger partial charge >= 0.3 is 0 Å². The molecule has 2 fully saturated rings. The maximum Gasteiger partial charge on any atom is 0.241 e. The standard InChI is InChI=1S/C12H18N4O2S/c13-19(17,18)12-6-14-5-4-11(12)15-16-7-9-2-1-3-10(9)8-16/h4-6,9-10H,1-3,7-8H2,(H,14,15)(H2,13,17,18). The maximum absolute atomic E-state index is 11.5. The van der Waals surface area contributed by atoms with Gasteiger partial charge < -0.3 is 5.43 Å². The van der Waals surface area contributed by atoms with Crippen LogP contribution >= 0.6 is 0 Å². The molecule has 2 aliphatic rings. The van der Waals surface area contributed by atoms with Gasteiger partial charge in [-0.1, -0.05) is 6.42 Å². The fourth-order valence-corrected chi connectivity index (χ4v) is 3.82. The molecule has 1 aromatic rings. The van der Waals surface area contributed by atoms with Gasteiger partial charge in [-0.05, 0) is 30.7 Å². The van der Waals surface area contributed by atoms with E-state index >= 15 is 0 Å². The molecule has 3 N–H and O–H groups in total. The quantitative estimate of drug-likeness (QED) is 0.855. The molecular weight excluding hydrogens is 264 g/mol. The fraction of sp³-hybridized carbons (Fsp3) is 0.583. The van der Waals surface area contributed by atoms with Crippen LogP contribution in [0.25, 0.3) is 0 Å². The van der Waals surface area contributed by atoms with Crippen molar-refractivity contribution in [2.45, 2.75) is 24.2 Å². The summed E-state index contributed by atoms with van der Waals surface area (Å²) in [5.74, 6) is 1.49. The van der Waals surface area contributed by atoms with Crippen molar-refractivity contribution in [3.63, 3.8) is 0 Å². The first-order valence-corrected chi connectivity index (χ1v) is 8.07. The summed E-state index contributed by atoms with van der Waals surface area (Å²) in [5.41, 5.74) is 3.69. The molecule has 2 heterocycles. The van der Waals surface area contributed by atoms with Crippen molar-refractivity contribution in [3.05, 3.63) is 18.5 Å². The molecule has 1 aliphatic carbocycles. The lowest BCUT2D eigenvalue weighted by molar-refractivity contribution is 0.371. The Morgan fingerprint density at radius 2 is 2.00 bits per heavy atom. The Kier molecular flexibility index (Phi) is 3.20. The predicted molar refractivity (Wildman–Crippen MR) is 71.6 cm³/mol. The van der Waals surface area contributed by atoms with Crippen LogP contribution in [0.4, 0.5) is 5.69 Å². The second kappa shape index (κ2) is 4.73. The molecule has 0 bridgehead atoms. The van der Waals surface area contributed by atoms with Crippen LogP contribution in [0.3, 0.4) is 0 Å². The lowest BCUT2D eigenvalue weighted by Gasteiger charge is -2.20. The highest BCUT2D eigenvalue weighted by atomic mass is 32.2. The van der Waals surface area contributed by atoms with Crippen molar-refractivity contribution >= 4 is 15.7 Å². The Hall–Kier alpha value is -1.18. The van der Waals surface area contributed by atoms with Gasteiger partial charge in [0.05, 0.1) is 5.69 Å². The monoisotopic (exact) mass is 282 g/mol. The molecule has 0 spiro atoms. The predicted octanol–water partition coefficient (Wildman–Crippen LogP) is 0.788. The summed E-state index contributed by atoms with van der Waals surface area (Å²) in [6.07, 6.45) is 6.73. The molecule has 1 saturated heterocycles. The lowest BCUT2D eigenvalue weighted by atomic mass is 10.0. The number of nitrogens with zero attached hydrogens (tertiary/aromatic N) is 2. The molecule has 6 nitrogen and oxygen atoms in total. The number of nitrogens with one attached hydrogen (secondary N) is 1. The zero-order valence-electron chi connectivity index (χ0n) is 10.6. The first-order chi connectivity index (χ1) is 9.04. The molecule has 104 valence electrons. The third-order valence-corrected chi connectivity index (χ3v) is 5.03. The zero-order valence-corrected chi connectivity index (χ0v) is 11.4. The molecule has 1 aromatic heterocycles. The summed E-state index contributed by atoms with van der Waals surface area (Å²) in [6.45, 7) is 1.94. The highest BCUT2D eigenvalue weighted by molar-refractivity contribution is 7.89. The van der Waals surface area contributed by atoms with Gasteiger partial charge in [0.15, 0.2) is 0 Å². The number of aromatic nitrogens is 1. The Morgan fingerprint density at radius 3 is 2.63 bits per heavy atom. The summed E-state index contributed by atoms with van der Waals surface area (Å²) in [5, 5.41) is 7.29. The molecule has 0 radical (unpaired) electrons. The van der Waals surface area contributed by atoms with Gasteiger partial charge in [-0.3, -0.25) is 4.98 Å². The van der Waals surface area contributed by atoms with E-state index in [-0.39, 0.29) is 4.90 Å². The number of hydrogen-bond donors (Lipinski definition) is 2. The number of anilines is 1. The van der Waals surface area contributed by atoms with Crippen molar-refractivity contribution < 1.29 is 8.42 Å². The van der Waals surface area contributed by atoms with Crippen molar-refractivity contribution in [3.8, 4) is 0 Å². The van der Waals surface area contributed by atoms with E-state index in [0.29, 0.717) is 5.69 Å². The van der Waals surface area contributed by atoms with Crippen molar-refractivity contribution in [2.75, 3.05) is 18.5 Å². The van der Waals surface area contributed by atoms with Crippen molar-refractivity contribution in [1.82, 2.24) is 9.99 Å². The third kappa shape index (κ3) is 2.58. The number of hydrazine groups is 1. The van der Waals surface area contributed by atoms with Gasteiger partial charge in [0.25, 0.3) is 0 Å². The Balaban J connectivity index is 1.78. The van der Waals surface area contributed by atoms with E-state index in [1.54, 1.807) is 12.3 Å². The minimum atomic E-state index is -3.75. The zero-order chi connectivity index (χ0) is 13.5. The number of pyridine rings is 1. The summed E-state index contributed by atoms with van der Waals surface area (Å²) in [7, 11) is -3.75. The van der Waals surface area contributed by atoms with Crippen LogP contribution in [0.1, 0.15) is 19.3 Å². The summed E-state index contributed by atoms with van der Waals surface area (Å²) >= 11 is 0. The number of fused-ring (bicyclic) bond motifs is 1. The minimum Gasteiger partial charge on any atom is -0.317 e. The first-order valence-electron chi connectivity index (χ1n) is 6.52. The van der Waals surface area contributed by atoms with Crippen LogP contribution in [0.15, 0.2) is 23.4 Å². The third-order valence-electron chi connectivity index (χ3n) is 4.10. The molecule has 2 unspecified atom stereocenters. The second-order valence-electron chi connectivity index (χ2n) is 5.38. The van der Waals surface area contributed by atoms with Crippen LogP contribution in [0.5, 0.6) is 0 Å². The number of hydrogen-bond acceptors (Lipinski definition) is 5. The Labute approximate surface area is 113 Å². The van der Waals surface area contributed by atoms with Crippen molar-refractivity contribution in [2.24, 2.45) is 17.0 Å². The van der Waals surface area contributed by atoms with E-state index < -0.39 is 10.0 Å². The van der Waals surface area contributed by atoms with Gasteiger partial charge in [-0.15, -0.1) is 0 Å². The molecule has 1 aliphatic heterocycles. The van der Waals surface area contributed by atoms with Gasteiger partial charge in [-0.25, -0.2) is 18.6 Å². The number of rotatable bonds is 3. The van der Waals surface area contributed by atoms with Gasteiger partial charge in [-0.2, -0.15) is 0 Å². The van der Waals surface area contributed by atoms with Crippen LogP contribution in [-0.2, 0) is 10.0 Å². The average molecular weight is 282 g/mol. The van der Waals surface area contributed by atoms with Gasteiger partial charge in [0, 0.05) is 25.5 Å². The molecule has 2 atom stereocenters. The topological polar surface area (TPSA) is 88.3 Å². The average Bonchev–Trinajstić information content (AvgIpc) is 2.88. The van der Waals surface area contributed by atoms with Gasteiger partial charge in [0.1, 0.15) is 4.90 Å². The molecule has 0 aromatic carbocycles. The highest BCUT2D eigenvalue weighted by Crippen LogP contribution is 2.37. The van der Waals surface area contributed by atoms with E-state index in [9.17, 15) is 8.42 Å². The van der Waals surface area contributed by atoms with Crippen molar-refractivity contribution in [1.29, 1.82) is 0 Å². The smallest absolute Gasteiger partial charge is 0.241 e. The summed E-state index contributed by atoms with van der Waals surface area (Å²) < 4.78 is 23.0. The molecule has 0 amide bonds. The van der Waals surface area contributed by atoms with Crippen LogP contribution in [-0.4, -0.2) is 31.5 Å². The van der Waals surface area contributed by atoms with E-state index in [4.69, 9.17) is 5.14 Å². The molecular formula is C12H18N4O2S. The molecule has 3 rings (SSSR count). The second-order valence-corrected chi connectivity index (χ2v) is 6.91. The van der Waals surface area contributed by atoms with Gasteiger partial charge in [0.2, 0.25) is 10.0 Å². The molecule has 19 heavy (non-hydrogen) atoms. The SMILES string of the molecule is NS(=O)(=O)c1cnccc1NN1CC2CCCC2C1. The fourth-order valence-electron chi connectivity index (χ4n) is 3.20. The van der Waals surface area contributed by atoms with E-state index in [2.05, 4.69) is 15.4 Å². The highest BCUT2D eigenvalue weighted by Gasteiger charge is 2.36. The molecule has 7 heteroatoms. The molecule has 1 saturated carbocycles.